The third kappa shape index (κ3) is 3.57. The van der Waals surface area contributed by atoms with E-state index in [1.165, 1.54) is 0 Å². The van der Waals surface area contributed by atoms with E-state index in [1.54, 1.807) is 18.4 Å². The lowest BCUT2D eigenvalue weighted by Crippen LogP contribution is -2.45. The quantitative estimate of drug-likeness (QED) is 0.826. The van der Waals surface area contributed by atoms with Gasteiger partial charge in [-0.05, 0) is 43.7 Å². The van der Waals surface area contributed by atoms with Crippen molar-refractivity contribution < 1.29 is 13.6 Å². The summed E-state index contributed by atoms with van der Waals surface area (Å²) in [5.41, 5.74) is 0.260. The van der Waals surface area contributed by atoms with Crippen LogP contribution in [0.4, 0.5) is 5.88 Å². The molecule has 0 unspecified atom stereocenters. The largest absolute Gasteiger partial charge is 0.459 e. The highest BCUT2D eigenvalue weighted by atomic mass is 16.4. The van der Waals surface area contributed by atoms with Crippen LogP contribution in [0.5, 0.6) is 0 Å². The van der Waals surface area contributed by atoms with Gasteiger partial charge in [0, 0.05) is 32.1 Å². The second-order valence-corrected chi connectivity index (χ2v) is 7.53. The van der Waals surface area contributed by atoms with E-state index in [2.05, 4.69) is 18.0 Å². The Morgan fingerprint density at radius 2 is 1.96 bits per heavy atom. The van der Waals surface area contributed by atoms with Gasteiger partial charge in [0.15, 0.2) is 5.76 Å². The number of nitriles is 1. The van der Waals surface area contributed by atoms with Crippen molar-refractivity contribution in [3.8, 4) is 17.7 Å². The summed E-state index contributed by atoms with van der Waals surface area (Å²) in [6.45, 7) is 5.38. The van der Waals surface area contributed by atoms with Crippen LogP contribution >= 0.6 is 0 Å². The smallest absolute Gasteiger partial charge is 0.266 e. The molecular formula is C20H24N4O3. The molecule has 0 bridgehead atoms. The Hall–Kier alpha value is -2.75. The summed E-state index contributed by atoms with van der Waals surface area (Å²) in [7, 11) is 0. The predicted octanol–water partition coefficient (Wildman–Crippen LogP) is 3.28. The number of carbonyl (C=O) groups excluding carboxylic acids is 1. The lowest BCUT2D eigenvalue weighted by molar-refractivity contribution is -0.137. The van der Waals surface area contributed by atoms with Gasteiger partial charge in [0.2, 0.25) is 17.5 Å². The van der Waals surface area contributed by atoms with Crippen molar-refractivity contribution in [2.45, 2.75) is 32.6 Å². The highest BCUT2D eigenvalue weighted by Crippen LogP contribution is 2.32. The molecule has 2 fully saturated rings. The maximum absolute atomic E-state index is 12.8. The van der Waals surface area contributed by atoms with Gasteiger partial charge in [-0.1, -0.05) is 6.92 Å². The highest BCUT2D eigenvalue weighted by Gasteiger charge is 2.32. The van der Waals surface area contributed by atoms with Crippen molar-refractivity contribution in [1.29, 1.82) is 5.26 Å². The predicted molar refractivity (Wildman–Crippen MR) is 98.8 cm³/mol. The number of oxazole rings is 1. The van der Waals surface area contributed by atoms with E-state index in [-0.39, 0.29) is 17.5 Å². The summed E-state index contributed by atoms with van der Waals surface area (Å²) >= 11 is 0. The zero-order valence-corrected chi connectivity index (χ0v) is 15.6. The van der Waals surface area contributed by atoms with Gasteiger partial charge in [0.25, 0.3) is 5.89 Å². The fraction of sp³-hybridized carbons (Fsp3) is 0.550. The number of furan rings is 1. The zero-order chi connectivity index (χ0) is 18.8. The molecule has 142 valence electrons. The molecule has 0 atom stereocenters. The minimum Gasteiger partial charge on any atom is -0.459 e. The summed E-state index contributed by atoms with van der Waals surface area (Å²) in [5, 5.41) is 9.40. The number of likely N-dealkylation sites (tertiary alicyclic amines) is 1. The van der Waals surface area contributed by atoms with Gasteiger partial charge in [0.05, 0.1) is 6.26 Å². The Kier molecular flexibility index (Phi) is 4.88. The molecule has 0 saturated carbocycles. The number of anilines is 1. The SMILES string of the molecule is CC1CCN(C(=O)C2CCN(c3oc(-c4ccco4)nc3C#N)CC2)CC1. The van der Waals surface area contributed by atoms with Crippen LogP contribution in [0.2, 0.25) is 0 Å². The average Bonchev–Trinajstić information content (AvgIpc) is 3.37. The van der Waals surface area contributed by atoms with Crippen LogP contribution in [0.3, 0.4) is 0 Å². The van der Waals surface area contributed by atoms with Gasteiger partial charge < -0.3 is 18.6 Å². The number of piperidine rings is 2. The molecule has 2 aliphatic rings. The fourth-order valence-corrected chi connectivity index (χ4v) is 3.92. The molecule has 0 aromatic carbocycles. The molecule has 2 saturated heterocycles. The number of carbonyl (C=O) groups is 1. The van der Waals surface area contributed by atoms with E-state index in [4.69, 9.17) is 8.83 Å². The minimum absolute atomic E-state index is 0.0626. The fourth-order valence-electron chi connectivity index (χ4n) is 3.92. The normalized spacial score (nSPS) is 19.3. The van der Waals surface area contributed by atoms with Gasteiger partial charge >= 0.3 is 0 Å². The number of hydrogen-bond donors (Lipinski definition) is 0. The van der Waals surface area contributed by atoms with E-state index in [1.807, 2.05) is 9.80 Å². The number of rotatable bonds is 3. The maximum atomic E-state index is 12.8. The minimum atomic E-state index is 0.0626. The summed E-state index contributed by atoms with van der Waals surface area (Å²) in [5.74, 6) is 2.36. The van der Waals surface area contributed by atoms with Crippen molar-refractivity contribution in [3.63, 3.8) is 0 Å². The third-order valence-electron chi connectivity index (χ3n) is 5.67. The van der Waals surface area contributed by atoms with Gasteiger partial charge in [-0.15, -0.1) is 0 Å². The summed E-state index contributed by atoms with van der Waals surface area (Å²) in [4.78, 5) is 21.1. The van der Waals surface area contributed by atoms with E-state index >= 15 is 0 Å². The standard InChI is InChI=1S/C20H24N4O3/c1-14-4-8-23(9-5-14)19(25)15-6-10-24(11-7-15)20-16(13-21)22-18(27-20)17-3-2-12-26-17/h2-3,12,14-15H,4-11H2,1H3. The van der Waals surface area contributed by atoms with Crippen LogP contribution in [-0.2, 0) is 4.79 Å². The lowest BCUT2D eigenvalue weighted by Gasteiger charge is -2.36. The maximum Gasteiger partial charge on any atom is 0.266 e. The zero-order valence-electron chi connectivity index (χ0n) is 15.6. The van der Waals surface area contributed by atoms with Crippen molar-refractivity contribution in [1.82, 2.24) is 9.88 Å². The molecule has 4 rings (SSSR count). The molecule has 4 heterocycles. The Bertz CT molecular complexity index is 820. The molecule has 7 nitrogen and oxygen atoms in total. The van der Waals surface area contributed by atoms with Crippen molar-refractivity contribution >= 4 is 11.8 Å². The molecule has 0 N–H and O–H groups in total. The molecule has 27 heavy (non-hydrogen) atoms. The van der Waals surface area contributed by atoms with Crippen LogP contribution in [0.15, 0.2) is 27.2 Å². The van der Waals surface area contributed by atoms with Gasteiger partial charge in [-0.3, -0.25) is 4.79 Å². The van der Waals surface area contributed by atoms with Crippen molar-refractivity contribution in [2.75, 3.05) is 31.1 Å². The van der Waals surface area contributed by atoms with E-state index in [9.17, 15) is 10.1 Å². The Morgan fingerprint density at radius 1 is 1.22 bits per heavy atom. The van der Waals surface area contributed by atoms with E-state index in [0.717, 1.165) is 44.7 Å². The molecule has 2 aromatic rings. The summed E-state index contributed by atoms with van der Waals surface area (Å²) < 4.78 is 11.1. The first-order valence-electron chi connectivity index (χ1n) is 9.64. The monoisotopic (exact) mass is 368 g/mol. The second-order valence-electron chi connectivity index (χ2n) is 7.53. The molecule has 7 heteroatoms. The van der Waals surface area contributed by atoms with Crippen LogP contribution in [0.25, 0.3) is 11.7 Å². The number of nitrogens with zero attached hydrogens (tertiary/aromatic N) is 4. The number of hydrogen-bond acceptors (Lipinski definition) is 6. The van der Waals surface area contributed by atoms with Gasteiger partial charge in [-0.25, -0.2) is 0 Å². The highest BCUT2D eigenvalue weighted by molar-refractivity contribution is 5.79. The summed E-state index contributed by atoms with van der Waals surface area (Å²) in [6, 6.07) is 5.61. The van der Waals surface area contributed by atoms with Crippen LogP contribution in [-0.4, -0.2) is 42.0 Å². The topological polar surface area (TPSA) is 86.5 Å². The first-order chi connectivity index (χ1) is 13.2. The molecule has 2 aliphatic heterocycles. The molecule has 2 aromatic heterocycles. The molecule has 0 radical (unpaired) electrons. The van der Waals surface area contributed by atoms with E-state index in [0.29, 0.717) is 30.6 Å². The number of amides is 1. The Labute approximate surface area is 158 Å². The van der Waals surface area contributed by atoms with Gasteiger partial charge in [-0.2, -0.15) is 10.2 Å². The van der Waals surface area contributed by atoms with Crippen LogP contribution in [0.1, 0.15) is 38.3 Å². The van der Waals surface area contributed by atoms with E-state index < -0.39 is 0 Å². The first kappa shape index (κ1) is 17.7. The second kappa shape index (κ2) is 7.47. The van der Waals surface area contributed by atoms with Crippen molar-refractivity contribution in [2.24, 2.45) is 11.8 Å². The molecule has 0 aliphatic carbocycles. The van der Waals surface area contributed by atoms with Crippen molar-refractivity contribution in [3.05, 3.63) is 24.1 Å². The van der Waals surface area contributed by atoms with Crippen LogP contribution < -0.4 is 4.90 Å². The van der Waals surface area contributed by atoms with Gasteiger partial charge in [0.1, 0.15) is 6.07 Å². The van der Waals surface area contributed by atoms with Crippen LogP contribution in [0, 0.1) is 23.2 Å². The third-order valence-corrected chi connectivity index (χ3v) is 5.67. The molecule has 1 amide bonds. The Balaban J connectivity index is 1.41. The molecular weight excluding hydrogens is 344 g/mol. The summed E-state index contributed by atoms with van der Waals surface area (Å²) in [6.07, 6.45) is 5.29. The average molecular weight is 368 g/mol. The first-order valence-corrected chi connectivity index (χ1v) is 9.64. The number of aromatic nitrogens is 1. The lowest BCUT2D eigenvalue weighted by atomic mass is 9.92. The molecule has 0 spiro atoms. The Morgan fingerprint density at radius 3 is 2.59 bits per heavy atom.